The van der Waals surface area contributed by atoms with Gasteiger partial charge in [-0.05, 0) is 50.7 Å². The molecule has 0 radical (unpaired) electrons. The lowest BCUT2D eigenvalue weighted by Crippen LogP contribution is -3.16. The lowest BCUT2D eigenvalue weighted by molar-refractivity contribution is -0.898. The highest BCUT2D eigenvalue weighted by atomic mass is 16.2. The number of benzene rings is 1. The van der Waals surface area contributed by atoms with Crippen molar-refractivity contribution in [2.24, 2.45) is 0 Å². The lowest BCUT2D eigenvalue weighted by atomic mass is 10.1. The molecule has 29 heavy (non-hydrogen) atoms. The molecule has 0 unspecified atom stereocenters. The van der Waals surface area contributed by atoms with Crippen LogP contribution < -0.4 is 15.1 Å². The normalized spacial score (nSPS) is 19.4. The van der Waals surface area contributed by atoms with E-state index >= 15 is 0 Å². The lowest BCUT2D eigenvalue weighted by Gasteiger charge is -2.32. The molecular weight excluding hydrogens is 364 g/mol. The molecule has 0 aliphatic carbocycles. The highest BCUT2D eigenvalue weighted by Gasteiger charge is 2.27. The number of para-hydroxylation sites is 1. The van der Waals surface area contributed by atoms with Gasteiger partial charge in [0.15, 0.2) is 13.1 Å². The number of hydrogen-bond acceptors (Lipinski definition) is 2. The van der Waals surface area contributed by atoms with Crippen LogP contribution in [0.25, 0.3) is 0 Å². The quantitative estimate of drug-likeness (QED) is 0.640. The number of nitrogens with one attached hydrogen (secondary N) is 3. The van der Waals surface area contributed by atoms with Crippen LogP contribution in [0.4, 0.5) is 5.69 Å². The van der Waals surface area contributed by atoms with Gasteiger partial charge < -0.3 is 20.0 Å². The molecule has 3 rings (SSSR count). The third-order valence-electron chi connectivity index (χ3n) is 6.44. The molecule has 0 spiro atoms. The summed E-state index contributed by atoms with van der Waals surface area (Å²) >= 11 is 0. The van der Waals surface area contributed by atoms with Crippen LogP contribution in [0, 0.1) is 13.8 Å². The number of carbonyl (C=O) groups is 2. The van der Waals surface area contributed by atoms with E-state index in [0.29, 0.717) is 19.0 Å². The molecule has 0 saturated carbocycles. The van der Waals surface area contributed by atoms with Gasteiger partial charge in [-0.15, -0.1) is 0 Å². The number of quaternary nitrogens is 2. The van der Waals surface area contributed by atoms with Gasteiger partial charge >= 0.3 is 0 Å². The van der Waals surface area contributed by atoms with E-state index in [1.165, 1.54) is 41.9 Å². The van der Waals surface area contributed by atoms with E-state index in [-0.39, 0.29) is 5.91 Å². The average molecular weight is 403 g/mol. The summed E-state index contributed by atoms with van der Waals surface area (Å²) in [6, 6.07) is 6.05. The second-order valence-electron chi connectivity index (χ2n) is 8.82. The number of carbonyl (C=O) groups excluding carboxylic acids is 2. The number of hydrogen-bond donors (Lipinski definition) is 3. The first-order valence-corrected chi connectivity index (χ1v) is 11.3. The fourth-order valence-corrected chi connectivity index (χ4v) is 4.58. The average Bonchev–Trinajstić information content (AvgIpc) is 2.67. The molecule has 1 aromatic carbocycles. The third kappa shape index (κ3) is 6.54. The van der Waals surface area contributed by atoms with Gasteiger partial charge in [-0.1, -0.05) is 24.6 Å². The molecule has 2 amide bonds. The topological polar surface area (TPSA) is 58.3 Å². The molecule has 2 aliphatic rings. The summed E-state index contributed by atoms with van der Waals surface area (Å²) in [5.41, 5.74) is 3.12. The second-order valence-corrected chi connectivity index (χ2v) is 8.82. The highest BCUT2D eigenvalue weighted by Crippen LogP contribution is 2.18. The number of nitrogens with zero attached hydrogens (tertiary/aromatic N) is 1. The fraction of sp³-hybridized carbons (Fsp3) is 0.652. The smallest absolute Gasteiger partial charge is 0.279 e. The van der Waals surface area contributed by atoms with Crippen LogP contribution in [0.15, 0.2) is 18.2 Å². The predicted molar refractivity (Wildman–Crippen MR) is 115 cm³/mol. The van der Waals surface area contributed by atoms with Gasteiger partial charge in [-0.2, -0.15) is 0 Å². The largest absolute Gasteiger partial charge is 0.327 e. The first-order chi connectivity index (χ1) is 14.0. The second kappa shape index (κ2) is 10.7. The van der Waals surface area contributed by atoms with Crippen molar-refractivity contribution in [3.05, 3.63) is 29.3 Å². The zero-order chi connectivity index (χ0) is 20.6. The maximum absolute atomic E-state index is 12.7. The summed E-state index contributed by atoms with van der Waals surface area (Å²) in [6.07, 6.45) is 6.46. The molecule has 2 aliphatic heterocycles. The van der Waals surface area contributed by atoms with Crippen molar-refractivity contribution in [2.45, 2.75) is 46.0 Å². The molecule has 160 valence electrons. The van der Waals surface area contributed by atoms with E-state index in [1.54, 1.807) is 0 Å². The molecule has 6 nitrogen and oxygen atoms in total. The van der Waals surface area contributed by atoms with Gasteiger partial charge in [-0.3, -0.25) is 9.59 Å². The van der Waals surface area contributed by atoms with Gasteiger partial charge in [0.2, 0.25) is 0 Å². The Hall–Kier alpha value is -1.92. The van der Waals surface area contributed by atoms with Crippen molar-refractivity contribution < 1.29 is 19.4 Å². The Kier molecular flexibility index (Phi) is 8.07. The van der Waals surface area contributed by atoms with Gasteiger partial charge in [0.25, 0.3) is 11.8 Å². The minimum atomic E-state index is 0.0576. The summed E-state index contributed by atoms with van der Waals surface area (Å²) in [6.45, 7) is 10.6. The Balaban J connectivity index is 1.41. The number of anilines is 1. The number of rotatable bonds is 5. The van der Waals surface area contributed by atoms with Crippen molar-refractivity contribution in [3.63, 3.8) is 0 Å². The van der Waals surface area contributed by atoms with Crippen LogP contribution in [0.5, 0.6) is 0 Å². The Morgan fingerprint density at radius 2 is 1.41 bits per heavy atom. The van der Waals surface area contributed by atoms with E-state index < -0.39 is 0 Å². The van der Waals surface area contributed by atoms with E-state index in [9.17, 15) is 9.59 Å². The van der Waals surface area contributed by atoms with E-state index in [1.807, 2.05) is 36.9 Å². The van der Waals surface area contributed by atoms with Crippen molar-refractivity contribution in [1.29, 1.82) is 0 Å². The highest BCUT2D eigenvalue weighted by molar-refractivity contribution is 5.93. The molecular formula is C23H38N4O2+2. The van der Waals surface area contributed by atoms with E-state index in [0.717, 1.165) is 56.1 Å². The molecule has 0 bridgehead atoms. The Labute approximate surface area is 175 Å². The maximum atomic E-state index is 12.7. The Morgan fingerprint density at radius 1 is 0.862 bits per heavy atom. The SMILES string of the molecule is Cc1cccc(C)c1NC(=O)C[NH+]1CCN(C(=O)C[NH+]2CCCCCCC2)CC1. The van der Waals surface area contributed by atoms with Crippen LogP contribution in [0.3, 0.4) is 0 Å². The van der Waals surface area contributed by atoms with Gasteiger partial charge in [0.1, 0.15) is 0 Å². The number of piperazine rings is 1. The number of amides is 2. The standard InChI is InChI=1S/C23H36N4O2/c1-19-9-8-10-20(2)23(19)24-21(28)17-26-13-15-27(16-14-26)22(29)18-25-11-6-4-3-5-7-12-25/h8-10H,3-7,11-18H2,1-2H3,(H,24,28)/p+2. The van der Waals surface area contributed by atoms with Crippen molar-refractivity contribution in [1.82, 2.24) is 4.90 Å². The molecule has 3 N–H and O–H groups in total. The maximum Gasteiger partial charge on any atom is 0.279 e. The zero-order valence-electron chi connectivity index (χ0n) is 18.2. The van der Waals surface area contributed by atoms with Crippen LogP contribution in [0.2, 0.25) is 0 Å². The van der Waals surface area contributed by atoms with Gasteiger partial charge in [0.05, 0.1) is 39.3 Å². The van der Waals surface area contributed by atoms with Gasteiger partial charge in [-0.25, -0.2) is 0 Å². The van der Waals surface area contributed by atoms with Gasteiger partial charge in [0, 0.05) is 5.69 Å². The Morgan fingerprint density at radius 3 is 2.03 bits per heavy atom. The molecule has 2 heterocycles. The van der Waals surface area contributed by atoms with Crippen LogP contribution in [-0.2, 0) is 9.59 Å². The summed E-state index contributed by atoms with van der Waals surface area (Å²) in [4.78, 5) is 30.0. The third-order valence-corrected chi connectivity index (χ3v) is 6.44. The van der Waals surface area contributed by atoms with Crippen LogP contribution in [-0.4, -0.2) is 69.1 Å². The van der Waals surface area contributed by atoms with Crippen LogP contribution >= 0.6 is 0 Å². The zero-order valence-corrected chi connectivity index (χ0v) is 18.2. The molecule has 2 saturated heterocycles. The van der Waals surface area contributed by atoms with Crippen LogP contribution in [0.1, 0.15) is 43.2 Å². The summed E-state index contributed by atoms with van der Waals surface area (Å²) in [7, 11) is 0. The van der Waals surface area contributed by atoms with Crippen molar-refractivity contribution >= 4 is 17.5 Å². The first-order valence-electron chi connectivity index (χ1n) is 11.3. The molecule has 0 atom stereocenters. The minimum absolute atomic E-state index is 0.0576. The van der Waals surface area contributed by atoms with Crippen molar-refractivity contribution in [2.75, 3.05) is 57.7 Å². The number of aryl methyl sites for hydroxylation is 2. The summed E-state index contributed by atoms with van der Waals surface area (Å²) in [5, 5.41) is 3.08. The number of likely N-dealkylation sites (tertiary alicyclic amines) is 1. The first kappa shape index (κ1) is 21.8. The predicted octanol–water partition coefficient (Wildman–Crippen LogP) is -0.182. The Bertz CT molecular complexity index is 670. The molecule has 6 heteroatoms. The minimum Gasteiger partial charge on any atom is -0.327 e. The fourth-order valence-electron chi connectivity index (χ4n) is 4.58. The summed E-state index contributed by atoms with van der Waals surface area (Å²) in [5.74, 6) is 0.349. The monoisotopic (exact) mass is 402 g/mol. The van der Waals surface area contributed by atoms with E-state index in [4.69, 9.17) is 0 Å². The van der Waals surface area contributed by atoms with E-state index in [2.05, 4.69) is 5.32 Å². The molecule has 1 aromatic rings. The molecule has 2 fully saturated rings. The van der Waals surface area contributed by atoms with Crippen molar-refractivity contribution in [3.8, 4) is 0 Å². The molecule has 0 aromatic heterocycles. The summed E-state index contributed by atoms with van der Waals surface area (Å²) < 4.78 is 0.